The van der Waals surface area contributed by atoms with Crippen molar-refractivity contribution in [3.05, 3.63) is 0 Å². The molecule has 112 valence electrons. The lowest BCUT2D eigenvalue weighted by molar-refractivity contribution is 0.0422. The minimum Gasteiger partial charge on any atom is -0.375 e. The SMILES string of the molecule is CCNC(C1CCC(C)CC1)C1C(C)OC(C)C1C. The number of nitrogens with one attached hydrogen (secondary N) is 1. The first kappa shape index (κ1) is 15.3. The summed E-state index contributed by atoms with van der Waals surface area (Å²) >= 11 is 0. The summed E-state index contributed by atoms with van der Waals surface area (Å²) in [5.74, 6) is 3.17. The third-order valence-electron chi connectivity index (χ3n) is 5.74. The third kappa shape index (κ3) is 3.33. The van der Waals surface area contributed by atoms with Gasteiger partial charge in [-0.25, -0.2) is 0 Å². The molecule has 1 aliphatic carbocycles. The smallest absolute Gasteiger partial charge is 0.0597 e. The van der Waals surface area contributed by atoms with Crippen LogP contribution in [0, 0.1) is 23.7 Å². The normalized spacial score (nSPS) is 45.3. The van der Waals surface area contributed by atoms with Gasteiger partial charge in [-0.1, -0.05) is 33.6 Å². The minimum atomic E-state index is 0.411. The fraction of sp³-hybridized carbons (Fsp3) is 1.00. The van der Waals surface area contributed by atoms with Crippen LogP contribution >= 0.6 is 0 Å². The molecule has 0 aromatic rings. The predicted molar refractivity (Wildman–Crippen MR) is 81.2 cm³/mol. The Bertz CT molecular complexity index is 272. The maximum absolute atomic E-state index is 6.09. The second-order valence-corrected chi connectivity index (χ2v) is 7.09. The van der Waals surface area contributed by atoms with Gasteiger partial charge in [-0.2, -0.15) is 0 Å². The van der Waals surface area contributed by atoms with Crippen LogP contribution in [-0.2, 0) is 4.74 Å². The summed E-state index contributed by atoms with van der Waals surface area (Å²) in [5.41, 5.74) is 0. The Balaban J connectivity index is 2.06. The minimum absolute atomic E-state index is 0.411. The fourth-order valence-electron chi connectivity index (χ4n) is 4.41. The number of ether oxygens (including phenoxy) is 1. The molecule has 19 heavy (non-hydrogen) atoms. The van der Waals surface area contributed by atoms with Crippen molar-refractivity contribution in [1.82, 2.24) is 5.32 Å². The molecule has 5 unspecified atom stereocenters. The molecule has 0 amide bonds. The van der Waals surface area contributed by atoms with Gasteiger partial charge in [0.2, 0.25) is 0 Å². The van der Waals surface area contributed by atoms with Crippen LogP contribution in [0.2, 0.25) is 0 Å². The quantitative estimate of drug-likeness (QED) is 0.835. The monoisotopic (exact) mass is 267 g/mol. The van der Waals surface area contributed by atoms with E-state index in [0.717, 1.165) is 18.4 Å². The van der Waals surface area contributed by atoms with Crippen LogP contribution < -0.4 is 5.32 Å². The second-order valence-electron chi connectivity index (χ2n) is 7.09. The van der Waals surface area contributed by atoms with Crippen LogP contribution in [0.15, 0.2) is 0 Å². The standard InChI is InChI=1S/C17H33NO/c1-6-18-17(15-9-7-11(2)8-10-15)16-12(3)13(4)19-14(16)5/h11-18H,6-10H2,1-5H3. The summed E-state index contributed by atoms with van der Waals surface area (Å²) in [7, 11) is 0. The van der Waals surface area contributed by atoms with Crippen molar-refractivity contribution in [2.45, 2.75) is 78.6 Å². The topological polar surface area (TPSA) is 21.3 Å². The molecule has 2 aliphatic rings. The van der Waals surface area contributed by atoms with Gasteiger partial charge in [-0.15, -0.1) is 0 Å². The van der Waals surface area contributed by atoms with Gasteiger partial charge in [0.25, 0.3) is 0 Å². The molecule has 2 fully saturated rings. The van der Waals surface area contributed by atoms with Crippen molar-refractivity contribution >= 4 is 0 Å². The van der Waals surface area contributed by atoms with Crippen molar-refractivity contribution < 1.29 is 4.74 Å². The van der Waals surface area contributed by atoms with Crippen LogP contribution in [-0.4, -0.2) is 24.8 Å². The summed E-state index contributed by atoms with van der Waals surface area (Å²) in [6.07, 6.45) is 6.47. The highest BCUT2D eigenvalue weighted by Crippen LogP contribution is 2.41. The van der Waals surface area contributed by atoms with Crippen LogP contribution in [0.3, 0.4) is 0 Å². The molecule has 0 bridgehead atoms. The average molecular weight is 267 g/mol. The Morgan fingerprint density at radius 2 is 1.63 bits per heavy atom. The summed E-state index contributed by atoms with van der Waals surface area (Å²) in [6.45, 7) is 12.6. The number of hydrogen-bond donors (Lipinski definition) is 1. The maximum atomic E-state index is 6.09. The maximum Gasteiger partial charge on any atom is 0.0597 e. The summed E-state index contributed by atoms with van der Waals surface area (Å²) in [6, 6.07) is 0.660. The Hall–Kier alpha value is -0.0800. The summed E-state index contributed by atoms with van der Waals surface area (Å²) < 4.78 is 6.09. The Kier molecular flexibility index (Phi) is 5.30. The lowest BCUT2D eigenvalue weighted by Gasteiger charge is -2.39. The molecule has 0 spiro atoms. The van der Waals surface area contributed by atoms with Gasteiger partial charge in [-0.3, -0.25) is 0 Å². The van der Waals surface area contributed by atoms with E-state index in [0.29, 0.717) is 30.1 Å². The van der Waals surface area contributed by atoms with Crippen LogP contribution in [0.1, 0.15) is 60.3 Å². The van der Waals surface area contributed by atoms with Gasteiger partial charge >= 0.3 is 0 Å². The average Bonchev–Trinajstić information content (AvgIpc) is 2.62. The van der Waals surface area contributed by atoms with Crippen molar-refractivity contribution in [2.75, 3.05) is 6.54 Å². The zero-order chi connectivity index (χ0) is 14.0. The molecule has 2 nitrogen and oxygen atoms in total. The van der Waals surface area contributed by atoms with E-state index in [-0.39, 0.29) is 0 Å². The van der Waals surface area contributed by atoms with E-state index in [9.17, 15) is 0 Å². The van der Waals surface area contributed by atoms with Gasteiger partial charge in [0.05, 0.1) is 12.2 Å². The summed E-state index contributed by atoms with van der Waals surface area (Å²) in [5, 5.41) is 3.81. The Morgan fingerprint density at radius 1 is 1.00 bits per heavy atom. The first-order chi connectivity index (χ1) is 9.04. The Morgan fingerprint density at radius 3 is 2.11 bits per heavy atom. The van der Waals surface area contributed by atoms with Crippen LogP contribution in [0.4, 0.5) is 0 Å². The van der Waals surface area contributed by atoms with Crippen LogP contribution in [0.25, 0.3) is 0 Å². The van der Waals surface area contributed by atoms with Gasteiger partial charge in [0.15, 0.2) is 0 Å². The lowest BCUT2D eigenvalue weighted by atomic mass is 9.71. The highest BCUT2D eigenvalue weighted by Gasteiger charge is 2.44. The van der Waals surface area contributed by atoms with E-state index in [4.69, 9.17) is 4.74 Å². The lowest BCUT2D eigenvalue weighted by Crippen LogP contribution is -2.47. The molecule has 1 aliphatic heterocycles. The van der Waals surface area contributed by atoms with Gasteiger partial charge in [0, 0.05) is 12.0 Å². The predicted octanol–water partition coefficient (Wildman–Crippen LogP) is 3.85. The van der Waals surface area contributed by atoms with E-state index < -0.39 is 0 Å². The molecule has 1 saturated carbocycles. The summed E-state index contributed by atoms with van der Waals surface area (Å²) in [4.78, 5) is 0. The van der Waals surface area contributed by atoms with E-state index in [1.54, 1.807) is 0 Å². The third-order valence-corrected chi connectivity index (χ3v) is 5.74. The molecule has 1 N–H and O–H groups in total. The molecule has 1 saturated heterocycles. The molecular weight excluding hydrogens is 234 g/mol. The molecule has 1 heterocycles. The van der Waals surface area contributed by atoms with Crippen molar-refractivity contribution in [2.24, 2.45) is 23.7 Å². The van der Waals surface area contributed by atoms with E-state index in [1.807, 2.05) is 0 Å². The Labute approximate surface area is 119 Å². The zero-order valence-corrected chi connectivity index (χ0v) is 13.5. The van der Waals surface area contributed by atoms with E-state index in [2.05, 4.69) is 39.9 Å². The molecular formula is C17H33NO. The van der Waals surface area contributed by atoms with Crippen LogP contribution in [0.5, 0.6) is 0 Å². The molecule has 0 radical (unpaired) electrons. The zero-order valence-electron chi connectivity index (χ0n) is 13.5. The van der Waals surface area contributed by atoms with Crippen molar-refractivity contribution in [3.8, 4) is 0 Å². The first-order valence-corrected chi connectivity index (χ1v) is 8.43. The molecule has 0 aromatic heterocycles. The first-order valence-electron chi connectivity index (χ1n) is 8.43. The molecule has 5 atom stereocenters. The van der Waals surface area contributed by atoms with Crippen molar-refractivity contribution in [1.29, 1.82) is 0 Å². The highest BCUT2D eigenvalue weighted by atomic mass is 16.5. The van der Waals surface area contributed by atoms with Gasteiger partial charge < -0.3 is 10.1 Å². The molecule has 2 heteroatoms. The largest absolute Gasteiger partial charge is 0.375 e. The van der Waals surface area contributed by atoms with E-state index >= 15 is 0 Å². The highest BCUT2D eigenvalue weighted by molar-refractivity contribution is 4.95. The number of rotatable bonds is 4. The second kappa shape index (κ2) is 6.58. The van der Waals surface area contributed by atoms with E-state index in [1.165, 1.54) is 25.7 Å². The molecule has 2 rings (SSSR count). The fourth-order valence-corrected chi connectivity index (χ4v) is 4.41. The van der Waals surface area contributed by atoms with Crippen molar-refractivity contribution in [3.63, 3.8) is 0 Å². The number of hydrogen-bond acceptors (Lipinski definition) is 2. The molecule has 0 aromatic carbocycles. The van der Waals surface area contributed by atoms with Gasteiger partial charge in [0.1, 0.15) is 0 Å². The van der Waals surface area contributed by atoms with Gasteiger partial charge in [-0.05, 0) is 51.0 Å².